The van der Waals surface area contributed by atoms with Gasteiger partial charge in [0.1, 0.15) is 12.1 Å². The van der Waals surface area contributed by atoms with E-state index in [1.807, 2.05) is 25.1 Å². The van der Waals surface area contributed by atoms with Crippen LogP contribution in [0.2, 0.25) is 0 Å². The van der Waals surface area contributed by atoms with Crippen molar-refractivity contribution in [1.82, 2.24) is 14.9 Å². The highest BCUT2D eigenvalue weighted by atomic mass is 16.3. The third-order valence-electron chi connectivity index (χ3n) is 3.77. The van der Waals surface area contributed by atoms with Gasteiger partial charge in [-0.1, -0.05) is 6.07 Å². The Kier molecular flexibility index (Phi) is 2.76. The summed E-state index contributed by atoms with van der Waals surface area (Å²) in [5.74, 6) is 0. The van der Waals surface area contributed by atoms with E-state index < -0.39 is 5.72 Å². The predicted octanol–water partition coefficient (Wildman–Crippen LogP) is 1.89. The van der Waals surface area contributed by atoms with Crippen LogP contribution >= 0.6 is 0 Å². The SMILES string of the molecule is CC(O)(c1ccc2ncncc2c1)N1CCCC1. The van der Waals surface area contributed by atoms with E-state index in [1.54, 1.807) is 12.5 Å². The Bertz CT molecular complexity index is 562. The molecule has 1 fully saturated rings. The first-order valence-electron chi connectivity index (χ1n) is 6.35. The fraction of sp³-hybridized carbons (Fsp3) is 0.429. The van der Waals surface area contributed by atoms with Gasteiger partial charge < -0.3 is 5.11 Å². The summed E-state index contributed by atoms with van der Waals surface area (Å²) in [6, 6.07) is 5.87. The number of aromatic nitrogens is 2. The lowest BCUT2D eigenvalue weighted by molar-refractivity contribution is -0.0881. The molecule has 0 aliphatic carbocycles. The summed E-state index contributed by atoms with van der Waals surface area (Å²) in [4.78, 5) is 10.3. The van der Waals surface area contributed by atoms with E-state index in [0.29, 0.717) is 0 Å². The molecule has 1 aromatic carbocycles. The Morgan fingerprint density at radius 2 is 2.06 bits per heavy atom. The topological polar surface area (TPSA) is 49.3 Å². The normalized spacial score (nSPS) is 20.1. The number of benzene rings is 1. The highest BCUT2D eigenvalue weighted by Crippen LogP contribution is 2.30. The third-order valence-corrected chi connectivity index (χ3v) is 3.77. The average molecular weight is 243 g/mol. The van der Waals surface area contributed by atoms with Crippen LogP contribution in [0.5, 0.6) is 0 Å². The molecule has 1 aliphatic heterocycles. The molecule has 1 atom stereocenters. The molecule has 0 radical (unpaired) electrons. The number of nitrogens with zero attached hydrogens (tertiary/aromatic N) is 3. The summed E-state index contributed by atoms with van der Waals surface area (Å²) in [7, 11) is 0. The molecular weight excluding hydrogens is 226 g/mol. The van der Waals surface area contributed by atoms with Gasteiger partial charge in [-0.2, -0.15) is 0 Å². The molecule has 4 heteroatoms. The minimum Gasteiger partial charge on any atom is -0.372 e. The summed E-state index contributed by atoms with van der Waals surface area (Å²) in [6.07, 6.45) is 5.65. The van der Waals surface area contributed by atoms with Gasteiger partial charge in [-0.25, -0.2) is 9.97 Å². The van der Waals surface area contributed by atoms with E-state index in [4.69, 9.17) is 0 Å². The van der Waals surface area contributed by atoms with Crippen molar-refractivity contribution in [3.05, 3.63) is 36.3 Å². The number of hydrogen-bond acceptors (Lipinski definition) is 4. The summed E-state index contributed by atoms with van der Waals surface area (Å²) in [5.41, 5.74) is 0.915. The Morgan fingerprint density at radius 1 is 1.28 bits per heavy atom. The molecule has 1 aromatic heterocycles. The predicted molar refractivity (Wildman–Crippen MR) is 69.9 cm³/mol. The van der Waals surface area contributed by atoms with Gasteiger partial charge in [-0.3, -0.25) is 4.90 Å². The molecule has 2 aromatic rings. The quantitative estimate of drug-likeness (QED) is 0.875. The van der Waals surface area contributed by atoms with E-state index in [-0.39, 0.29) is 0 Å². The number of rotatable bonds is 2. The number of hydrogen-bond donors (Lipinski definition) is 1. The number of likely N-dealkylation sites (tertiary alicyclic amines) is 1. The molecule has 0 saturated carbocycles. The summed E-state index contributed by atoms with van der Waals surface area (Å²) in [6.45, 7) is 3.77. The Balaban J connectivity index is 2.02. The van der Waals surface area contributed by atoms with E-state index in [2.05, 4.69) is 14.9 Å². The zero-order valence-corrected chi connectivity index (χ0v) is 10.5. The van der Waals surface area contributed by atoms with Crippen molar-refractivity contribution in [2.24, 2.45) is 0 Å². The Morgan fingerprint density at radius 3 is 2.83 bits per heavy atom. The molecule has 1 saturated heterocycles. The molecule has 3 rings (SSSR count). The van der Waals surface area contributed by atoms with Gasteiger partial charge in [0, 0.05) is 24.7 Å². The van der Waals surface area contributed by atoms with Gasteiger partial charge in [-0.05, 0) is 37.5 Å². The molecule has 18 heavy (non-hydrogen) atoms. The van der Waals surface area contributed by atoms with Gasteiger partial charge in [0.15, 0.2) is 0 Å². The monoisotopic (exact) mass is 243 g/mol. The third kappa shape index (κ3) is 1.87. The molecule has 1 N–H and O–H groups in total. The van der Waals surface area contributed by atoms with E-state index in [1.165, 1.54) is 0 Å². The van der Waals surface area contributed by atoms with Crippen molar-refractivity contribution in [1.29, 1.82) is 0 Å². The van der Waals surface area contributed by atoms with Gasteiger partial charge in [-0.15, -0.1) is 0 Å². The minimum atomic E-state index is -0.902. The summed E-state index contributed by atoms with van der Waals surface area (Å²) < 4.78 is 0. The molecule has 4 nitrogen and oxygen atoms in total. The second kappa shape index (κ2) is 4.30. The van der Waals surface area contributed by atoms with Crippen LogP contribution in [0.1, 0.15) is 25.3 Å². The molecule has 2 heterocycles. The molecule has 0 spiro atoms. The maximum Gasteiger partial charge on any atom is 0.141 e. The maximum absolute atomic E-state index is 10.7. The maximum atomic E-state index is 10.7. The second-order valence-corrected chi connectivity index (χ2v) is 5.01. The number of fused-ring (bicyclic) bond motifs is 1. The largest absolute Gasteiger partial charge is 0.372 e. The fourth-order valence-corrected chi connectivity index (χ4v) is 2.61. The fourth-order valence-electron chi connectivity index (χ4n) is 2.61. The van der Waals surface area contributed by atoms with E-state index in [0.717, 1.165) is 42.4 Å². The average Bonchev–Trinajstić information content (AvgIpc) is 2.92. The van der Waals surface area contributed by atoms with E-state index in [9.17, 15) is 5.11 Å². The van der Waals surface area contributed by atoms with Gasteiger partial charge in [0.05, 0.1) is 5.52 Å². The first-order valence-corrected chi connectivity index (χ1v) is 6.35. The van der Waals surface area contributed by atoms with Crippen LogP contribution in [0.4, 0.5) is 0 Å². The zero-order chi connectivity index (χ0) is 12.6. The van der Waals surface area contributed by atoms with Crippen LogP contribution in [0.3, 0.4) is 0 Å². The van der Waals surface area contributed by atoms with Crippen molar-refractivity contribution in [2.75, 3.05) is 13.1 Å². The van der Waals surface area contributed by atoms with Crippen LogP contribution in [0.25, 0.3) is 10.9 Å². The summed E-state index contributed by atoms with van der Waals surface area (Å²) in [5, 5.41) is 11.7. The second-order valence-electron chi connectivity index (χ2n) is 5.01. The summed E-state index contributed by atoms with van der Waals surface area (Å²) >= 11 is 0. The lowest BCUT2D eigenvalue weighted by atomic mass is 10.0. The van der Waals surface area contributed by atoms with Crippen molar-refractivity contribution in [3.63, 3.8) is 0 Å². The Labute approximate surface area is 106 Å². The molecule has 1 unspecified atom stereocenters. The van der Waals surface area contributed by atoms with Crippen LogP contribution in [0, 0.1) is 0 Å². The smallest absolute Gasteiger partial charge is 0.141 e. The molecule has 0 amide bonds. The lowest BCUT2D eigenvalue weighted by Gasteiger charge is -2.34. The van der Waals surface area contributed by atoms with Gasteiger partial charge >= 0.3 is 0 Å². The van der Waals surface area contributed by atoms with Crippen LogP contribution in [-0.4, -0.2) is 33.1 Å². The Hall–Kier alpha value is -1.52. The number of aliphatic hydroxyl groups is 1. The molecular formula is C14H17N3O. The minimum absolute atomic E-state index is 0.902. The first kappa shape index (κ1) is 11.6. The molecule has 1 aliphatic rings. The zero-order valence-electron chi connectivity index (χ0n) is 10.5. The van der Waals surface area contributed by atoms with Gasteiger partial charge in [0.25, 0.3) is 0 Å². The van der Waals surface area contributed by atoms with Crippen LogP contribution in [0.15, 0.2) is 30.7 Å². The first-order chi connectivity index (χ1) is 8.68. The highest BCUT2D eigenvalue weighted by molar-refractivity contribution is 5.78. The van der Waals surface area contributed by atoms with Crippen molar-refractivity contribution in [2.45, 2.75) is 25.5 Å². The van der Waals surface area contributed by atoms with Gasteiger partial charge in [0.2, 0.25) is 0 Å². The van der Waals surface area contributed by atoms with Crippen LogP contribution in [-0.2, 0) is 5.72 Å². The lowest BCUT2D eigenvalue weighted by Crippen LogP contribution is -2.41. The van der Waals surface area contributed by atoms with E-state index >= 15 is 0 Å². The standard InChI is InChI=1S/C14H17N3O/c1-14(18,17-6-2-3-7-17)12-4-5-13-11(8-12)9-15-10-16-13/h4-5,8-10,18H,2-3,6-7H2,1H3. The van der Waals surface area contributed by atoms with Crippen molar-refractivity contribution >= 4 is 10.9 Å². The van der Waals surface area contributed by atoms with Crippen LogP contribution < -0.4 is 0 Å². The molecule has 0 bridgehead atoms. The van der Waals surface area contributed by atoms with Crippen molar-refractivity contribution in [3.8, 4) is 0 Å². The van der Waals surface area contributed by atoms with Crippen molar-refractivity contribution < 1.29 is 5.11 Å². The highest BCUT2D eigenvalue weighted by Gasteiger charge is 2.32. The molecule has 94 valence electrons.